The van der Waals surface area contributed by atoms with Crippen molar-refractivity contribution in [3.63, 3.8) is 0 Å². The summed E-state index contributed by atoms with van der Waals surface area (Å²) in [5.74, 6) is 0.926. The summed E-state index contributed by atoms with van der Waals surface area (Å²) in [4.78, 5) is 15.4. The summed E-state index contributed by atoms with van der Waals surface area (Å²) >= 11 is 0. The highest BCUT2D eigenvalue weighted by molar-refractivity contribution is 14.0. The number of hydrogen-bond acceptors (Lipinski definition) is 3. The molecule has 0 aromatic rings. The number of carbonyl (C=O) groups excluding carboxylic acids is 1. The standard InChI is InChI=1S/C13H27N3O2.HI/c1-10(2)7-9-16-13(14)15-8-5-6-12(17)18-11(3)4;/h10-11H,5-9H2,1-4H3,(H3,14,15,16);1H. The van der Waals surface area contributed by atoms with Gasteiger partial charge in [0.05, 0.1) is 6.10 Å². The number of guanidine groups is 1. The molecule has 0 spiro atoms. The van der Waals surface area contributed by atoms with E-state index in [0.29, 0.717) is 31.3 Å². The molecule has 0 rings (SSSR count). The van der Waals surface area contributed by atoms with Gasteiger partial charge in [-0.15, -0.1) is 24.0 Å². The average Bonchev–Trinajstić information content (AvgIpc) is 2.23. The molecule has 6 heteroatoms. The zero-order valence-corrected chi connectivity index (χ0v) is 14.8. The number of esters is 1. The van der Waals surface area contributed by atoms with Crippen LogP contribution in [0.5, 0.6) is 0 Å². The van der Waals surface area contributed by atoms with E-state index in [-0.39, 0.29) is 36.0 Å². The Balaban J connectivity index is 0. The van der Waals surface area contributed by atoms with Gasteiger partial charge in [0.25, 0.3) is 0 Å². The van der Waals surface area contributed by atoms with Crippen LogP contribution < -0.4 is 11.1 Å². The number of carbonyl (C=O) groups is 1. The highest BCUT2D eigenvalue weighted by Gasteiger charge is 2.04. The lowest BCUT2D eigenvalue weighted by atomic mass is 10.1. The van der Waals surface area contributed by atoms with E-state index < -0.39 is 0 Å². The van der Waals surface area contributed by atoms with E-state index in [4.69, 9.17) is 10.5 Å². The minimum absolute atomic E-state index is 0. The zero-order chi connectivity index (χ0) is 14.0. The van der Waals surface area contributed by atoms with Gasteiger partial charge in [-0.25, -0.2) is 0 Å². The molecule has 3 N–H and O–H groups in total. The van der Waals surface area contributed by atoms with Crippen molar-refractivity contribution in [3.8, 4) is 0 Å². The van der Waals surface area contributed by atoms with Crippen LogP contribution in [0.1, 0.15) is 47.0 Å². The number of nitrogens with one attached hydrogen (secondary N) is 1. The molecular formula is C13H28IN3O2. The summed E-state index contributed by atoms with van der Waals surface area (Å²) in [5.41, 5.74) is 5.68. The Morgan fingerprint density at radius 3 is 2.47 bits per heavy atom. The largest absolute Gasteiger partial charge is 0.463 e. The van der Waals surface area contributed by atoms with E-state index in [1.54, 1.807) is 0 Å². The fourth-order valence-electron chi connectivity index (χ4n) is 1.29. The van der Waals surface area contributed by atoms with Crippen LogP contribution in [0.3, 0.4) is 0 Å². The van der Waals surface area contributed by atoms with Gasteiger partial charge in [0.15, 0.2) is 5.96 Å². The fraction of sp³-hybridized carbons (Fsp3) is 0.846. The summed E-state index contributed by atoms with van der Waals surface area (Å²) in [5, 5.41) is 3.05. The minimum Gasteiger partial charge on any atom is -0.463 e. The summed E-state index contributed by atoms with van der Waals surface area (Å²) < 4.78 is 5.01. The first-order valence-corrected chi connectivity index (χ1v) is 6.65. The third kappa shape index (κ3) is 15.4. The van der Waals surface area contributed by atoms with Crippen LogP contribution in [0, 0.1) is 5.92 Å². The Morgan fingerprint density at radius 2 is 1.95 bits per heavy atom. The van der Waals surface area contributed by atoms with Crippen LogP contribution in [0.25, 0.3) is 0 Å². The molecule has 0 aliphatic carbocycles. The van der Waals surface area contributed by atoms with Crippen LogP contribution in [-0.4, -0.2) is 31.1 Å². The van der Waals surface area contributed by atoms with Crippen molar-refractivity contribution in [2.45, 2.75) is 53.1 Å². The topological polar surface area (TPSA) is 76.7 Å². The zero-order valence-electron chi connectivity index (χ0n) is 12.4. The van der Waals surface area contributed by atoms with E-state index in [2.05, 4.69) is 24.2 Å². The number of rotatable bonds is 8. The lowest BCUT2D eigenvalue weighted by Gasteiger charge is -2.08. The lowest BCUT2D eigenvalue weighted by Crippen LogP contribution is -2.33. The Labute approximate surface area is 133 Å². The molecule has 0 atom stereocenters. The summed E-state index contributed by atoms with van der Waals surface area (Å²) in [6.45, 7) is 9.39. The highest BCUT2D eigenvalue weighted by atomic mass is 127. The predicted octanol–water partition coefficient (Wildman–Crippen LogP) is 2.29. The lowest BCUT2D eigenvalue weighted by molar-refractivity contribution is -0.147. The van der Waals surface area contributed by atoms with E-state index in [1.807, 2.05) is 13.8 Å². The molecule has 0 aliphatic heterocycles. The first-order chi connectivity index (χ1) is 8.41. The normalized spacial score (nSPS) is 11.4. The Bertz CT molecular complexity index is 269. The molecule has 114 valence electrons. The molecule has 0 bridgehead atoms. The van der Waals surface area contributed by atoms with Crippen LogP contribution >= 0.6 is 24.0 Å². The van der Waals surface area contributed by atoms with Crippen molar-refractivity contribution in [1.82, 2.24) is 5.32 Å². The van der Waals surface area contributed by atoms with Gasteiger partial charge in [-0.1, -0.05) is 13.8 Å². The second-order valence-electron chi connectivity index (χ2n) is 5.02. The third-order valence-electron chi connectivity index (χ3n) is 2.22. The molecule has 0 heterocycles. The first kappa shape index (κ1) is 20.8. The van der Waals surface area contributed by atoms with Crippen molar-refractivity contribution in [2.75, 3.05) is 13.1 Å². The molecule has 0 radical (unpaired) electrons. The van der Waals surface area contributed by atoms with Gasteiger partial charge in [0, 0.05) is 19.5 Å². The molecule has 0 amide bonds. The second-order valence-corrected chi connectivity index (χ2v) is 5.02. The quantitative estimate of drug-likeness (QED) is 0.221. The summed E-state index contributed by atoms with van der Waals surface area (Å²) in [7, 11) is 0. The molecule has 0 saturated carbocycles. The number of halogens is 1. The van der Waals surface area contributed by atoms with Crippen molar-refractivity contribution >= 4 is 35.9 Å². The highest BCUT2D eigenvalue weighted by Crippen LogP contribution is 1.98. The first-order valence-electron chi connectivity index (χ1n) is 6.65. The molecule has 5 nitrogen and oxygen atoms in total. The molecular weight excluding hydrogens is 357 g/mol. The van der Waals surface area contributed by atoms with E-state index in [0.717, 1.165) is 13.0 Å². The predicted molar refractivity (Wildman–Crippen MR) is 89.8 cm³/mol. The molecule has 0 aliphatic rings. The SMILES string of the molecule is CC(C)CCNC(N)=NCCCC(=O)OC(C)C.I. The Hall–Kier alpha value is -0.530. The number of hydrogen-bond donors (Lipinski definition) is 2. The van der Waals surface area contributed by atoms with Gasteiger partial charge in [-0.05, 0) is 32.6 Å². The van der Waals surface area contributed by atoms with Gasteiger partial charge < -0.3 is 15.8 Å². The van der Waals surface area contributed by atoms with E-state index in [1.165, 1.54) is 0 Å². The van der Waals surface area contributed by atoms with Crippen molar-refractivity contribution in [1.29, 1.82) is 0 Å². The minimum atomic E-state index is -0.175. The number of nitrogens with two attached hydrogens (primary N) is 1. The maximum absolute atomic E-state index is 11.2. The molecule has 0 aromatic carbocycles. The van der Waals surface area contributed by atoms with E-state index >= 15 is 0 Å². The molecule has 0 saturated heterocycles. The Kier molecular flexibility index (Phi) is 13.7. The maximum Gasteiger partial charge on any atom is 0.306 e. The molecule has 0 unspecified atom stereocenters. The van der Waals surface area contributed by atoms with Gasteiger partial charge >= 0.3 is 5.97 Å². The summed E-state index contributed by atoms with van der Waals surface area (Å²) in [6, 6.07) is 0. The van der Waals surface area contributed by atoms with Crippen LogP contribution in [-0.2, 0) is 9.53 Å². The van der Waals surface area contributed by atoms with Crippen molar-refractivity contribution < 1.29 is 9.53 Å². The van der Waals surface area contributed by atoms with Crippen LogP contribution in [0.2, 0.25) is 0 Å². The van der Waals surface area contributed by atoms with E-state index in [9.17, 15) is 4.79 Å². The number of nitrogens with zero attached hydrogens (tertiary/aromatic N) is 1. The monoisotopic (exact) mass is 385 g/mol. The van der Waals surface area contributed by atoms with Crippen molar-refractivity contribution in [3.05, 3.63) is 0 Å². The third-order valence-corrected chi connectivity index (χ3v) is 2.22. The number of aliphatic imine (C=N–C) groups is 1. The van der Waals surface area contributed by atoms with Crippen LogP contribution in [0.15, 0.2) is 4.99 Å². The van der Waals surface area contributed by atoms with Gasteiger partial charge in [-0.2, -0.15) is 0 Å². The molecule has 19 heavy (non-hydrogen) atoms. The van der Waals surface area contributed by atoms with Gasteiger partial charge in [0.2, 0.25) is 0 Å². The average molecular weight is 385 g/mol. The maximum atomic E-state index is 11.2. The van der Waals surface area contributed by atoms with Gasteiger partial charge in [-0.3, -0.25) is 9.79 Å². The smallest absolute Gasteiger partial charge is 0.306 e. The van der Waals surface area contributed by atoms with Crippen LogP contribution in [0.4, 0.5) is 0 Å². The second kappa shape index (κ2) is 12.5. The molecule has 0 fully saturated rings. The fourth-order valence-corrected chi connectivity index (χ4v) is 1.29. The summed E-state index contributed by atoms with van der Waals surface area (Å²) in [6.07, 6.45) is 2.07. The Morgan fingerprint density at radius 1 is 1.32 bits per heavy atom. The molecule has 0 aromatic heterocycles. The van der Waals surface area contributed by atoms with Gasteiger partial charge in [0.1, 0.15) is 0 Å². The number of ether oxygens (including phenoxy) is 1. The van der Waals surface area contributed by atoms with Crippen molar-refractivity contribution in [2.24, 2.45) is 16.6 Å².